The Morgan fingerprint density at radius 2 is 1.40 bits per heavy atom. The van der Waals surface area contributed by atoms with Crippen LogP contribution in [0.25, 0.3) is 11.1 Å². The molecule has 0 saturated carbocycles. The first-order valence-corrected chi connectivity index (χ1v) is 14.0. The lowest BCUT2D eigenvalue weighted by molar-refractivity contribution is -0.246. The van der Waals surface area contributed by atoms with Crippen LogP contribution in [0.5, 0.6) is 0 Å². The number of fused-ring (bicyclic) bond motifs is 3. The Labute approximate surface area is 236 Å². The zero-order valence-electron chi connectivity index (χ0n) is 23.7. The van der Waals surface area contributed by atoms with E-state index in [2.05, 4.69) is 34.9 Å². The summed E-state index contributed by atoms with van der Waals surface area (Å²) in [5, 5.41) is 18.0. The molecule has 1 aliphatic carbocycles. The third kappa shape index (κ3) is 5.76. The molecule has 40 heavy (non-hydrogen) atoms. The first kappa shape index (κ1) is 27.9. The maximum atomic E-state index is 13.6. The minimum atomic E-state index is -0.809. The number of benzene rings is 3. The minimum Gasteiger partial charge on any atom is -0.449 e. The standard InChI is InChI=1S/C33H39N3O4/c1-32(2)19-23(20-33(3,4)36(32)39)34-30(37)29(18-22-12-6-5-7-13-22)35-31(38)40-21-28-26-16-10-8-14-24(26)25-15-9-11-17-27(25)28/h5-17,23,28-29,39H,18-21H2,1-4H3,(H,34,37)(H,35,38)/t29-/m0/s1. The number of nitrogens with one attached hydrogen (secondary N) is 2. The monoisotopic (exact) mass is 541 g/mol. The Bertz CT molecular complexity index is 1310. The second-order valence-electron chi connectivity index (χ2n) is 12.3. The van der Waals surface area contributed by atoms with Crippen molar-refractivity contribution in [2.45, 2.75) is 76.0 Å². The lowest BCUT2D eigenvalue weighted by Gasteiger charge is -2.51. The van der Waals surface area contributed by atoms with Gasteiger partial charge in [-0.25, -0.2) is 4.79 Å². The van der Waals surface area contributed by atoms with Crippen LogP contribution in [0.15, 0.2) is 78.9 Å². The van der Waals surface area contributed by atoms with Crippen LogP contribution in [0.3, 0.4) is 0 Å². The first-order valence-electron chi connectivity index (χ1n) is 14.0. The molecule has 1 fully saturated rings. The summed E-state index contributed by atoms with van der Waals surface area (Å²) in [4.78, 5) is 26.7. The number of hydrogen-bond donors (Lipinski definition) is 3. The molecular formula is C33H39N3O4. The lowest BCUT2D eigenvalue weighted by Crippen LogP contribution is -2.64. The SMILES string of the molecule is CC1(C)CC(NC(=O)[C@H](Cc2ccccc2)NC(=O)OCC2c3ccccc3-c3ccccc32)CC(C)(C)N1O. The number of rotatable bonds is 7. The van der Waals surface area contributed by atoms with Crippen molar-refractivity contribution in [3.63, 3.8) is 0 Å². The Kier molecular flexibility index (Phi) is 7.71. The Morgan fingerprint density at radius 1 is 0.875 bits per heavy atom. The van der Waals surface area contributed by atoms with E-state index in [0.29, 0.717) is 19.3 Å². The number of carbonyl (C=O) groups excluding carboxylic acids is 2. The zero-order valence-corrected chi connectivity index (χ0v) is 23.7. The van der Waals surface area contributed by atoms with E-state index in [1.54, 1.807) is 0 Å². The topological polar surface area (TPSA) is 90.9 Å². The van der Waals surface area contributed by atoms with Crippen molar-refractivity contribution in [1.29, 1.82) is 0 Å². The van der Waals surface area contributed by atoms with Crippen LogP contribution in [0.4, 0.5) is 4.79 Å². The average Bonchev–Trinajstić information content (AvgIpc) is 3.24. The molecule has 3 aromatic rings. The van der Waals surface area contributed by atoms with Gasteiger partial charge in [0.15, 0.2) is 0 Å². The molecule has 2 amide bonds. The molecule has 5 rings (SSSR count). The number of alkyl carbamates (subject to hydrolysis) is 1. The lowest BCUT2D eigenvalue weighted by atomic mass is 9.79. The summed E-state index contributed by atoms with van der Waals surface area (Å²) < 4.78 is 5.76. The Balaban J connectivity index is 1.28. The van der Waals surface area contributed by atoms with Crippen LogP contribution in [-0.2, 0) is 16.0 Å². The van der Waals surface area contributed by atoms with E-state index in [1.165, 1.54) is 5.06 Å². The highest BCUT2D eigenvalue weighted by Gasteiger charge is 2.45. The normalized spacial score (nSPS) is 18.8. The van der Waals surface area contributed by atoms with Gasteiger partial charge in [0.1, 0.15) is 12.6 Å². The van der Waals surface area contributed by atoms with Crippen LogP contribution in [0, 0.1) is 0 Å². The third-order valence-electron chi connectivity index (χ3n) is 8.22. The molecule has 210 valence electrons. The molecule has 0 unspecified atom stereocenters. The molecular weight excluding hydrogens is 502 g/mol. The number of piperidine rings is 1. The van der Waals surface area contributed by atoms with Gasteiger partial charge in [0.2, 0.25) is 5.91 Å². The molecule has 1 saturated heterocycles. The predicted molar refractivity (Wildman–Crippen MR) is 155 cm³/mol. The number of amides is 2. The van der Waals surface area contributed by atoms with Crippen molar-refractivity contribution in [3.05, 3.63) is 95.6 Å². The van der Waals surface area contributed by atoms with E-state index in [4.69, 9.17) is 4.74 Å². The van der Waals surface area contributed by atoms with E-state index < -0.39 is 23.2 Å². The van der Waals surface area contributed by atoms with Gasteiger partial charge in [-0.1, -0.05) is 78.9 Å². The maximum absolute atomic E-state index is 13.6. The minimum absolute atomic E-state index is 0.0623. The molecule has 3 N–H and O–H groups in total. The fourth-order valence-electron chi connectivity index (χ4n) is 6.52. The molecule has 0 aromatic heterocycles. The smallest absolute Gasteiger partial charge is 0.407 e. The molecule has 0 radical (unpaired) electrons. The summed E-state index contributed by atoms with van der Waals surface area (Å²) in [6.07, 6.45) is 0.884. The van der Waals surface area contributed by atoms with Gasteiger partial charge < -0.3 is 20.6 Å². The van der Waals surface area contributed by atoms with E-state index in [1.807, 2.05) is 82.3 Å². The second-order valence-corrected chi connectivity index (χ2v) is 12.3. The van der Waals surface area contributed by atoms with E-state index in [-0.39, 0.29) is 24.5 Å². The summed E-state index contributed by atoms with van der Waals surface area (Å²) in [7, 11) is 0. The zero-order chi connectivity index (χ0) is 28.5. The molecule has 1 atom stereocenters. The summed E-state index contributed by atoms with van der Waals surface area (Å²) in [5.74, 6) is -0.326. The average molecular weight is 542 g/mol. The molecule has 1 aliphatic heterocycles. The van der Waals surface area contributed by atoms with Crippen LogP contribution in [0.2, 0.25) is 0 Å². The summed E-state index contributed by atoms with van der Waals surface area (Å²) >= 11 is 0. The van der Waals surface area contributed by atoms with Crippen molar-refractivity contribution in [1.82, 2.24) is 15.7 Å². The predicted octanol–water partition coefficient (Wildman–Crippen LogP) is 5.66. The van der Waals surface area contributed by atoms with Gasteiger partial charge in [0.05, 0.1) is 0 Å². The van der Waals surface area contributed by atoms with E-state index >= 15 is 0 Å². The largest absolute Gasteiger partial charge is 0.449 e. The van der Waals surface area contributed by atoms with Gasteiger partial charge >= 0.3 is 6.09 Å². The maximum Gasteiger partial charge on any atom is 0.407 e. The van der Waals surface area contributed by atoms with Crippen LogP contribution in [0.1, 0.15) is 63.1 Å². The van der Waals surface area contributed by atoms with E-state index in [0.717, 1.165) is 27.8 Å². The Hall–Kier alpha value is -3.68. The van der Waals surface area contributed by atoms with Gasteiger partial charge in [0, 0.05) is 29.5 Å². The van der Waals surface area contributed by atoms with Gasteiger partial charge in [-0.05, 0) is 68.4 Å². The highest BCUT2D eigenvalue weighted by Crippen LogP contribution is 2.44. The van der Waals surface area contributed by atoms with Crippen LogP contribution in [-0.4, -0.2) is 52.0 Å². The number of hydroxylamine groups is 2. The number of nitrogens with zero attached hydrogens (tertiary/aromatic N) is 1. The van der Waals surface area contributed by atoms with Gasteiger partial charge in [-0.15, -0.1) is 0 Å². The number of ether oxygens (including phenoxy) is 1. The fraction of sp³-hybridized carbons (Fsp3) is 0.394. The van der Waals surface area contributed by atoms with Gasteiger partial charge in [-0.2, -0.15) is 5.06 Å². The highest BCUT2D eigenvalue weighted by atomic mass is 16.5. The molecule has 0 bridgehead atoms. The third-order valence-corrected chi connectivity index (χ3v) is 8.22. The van der Waals surface area contributed by atoms with Crippen LogP contribution < -0.4 is 10.6 Å². The fourth-order valence-corrected chi connectivity index (χ4v) is 6.52. The van der Waals surface area contributed by atoms with Gasteiger partial charge in [0.25, 0.3) is 0 Å². The Morgan fingerprint density at radius 3 is 1.98 bits per heavy atom. The molecule has 7 nitrogen and oxygen atoms in total. The molecule has 3 aromatic carbocycles. The molecule has 1 heterocycles. The quantitative estimate of drug-likeness (QED) is 0.359. The number of hydrogen-bond acceptors (Lipinski definition) is 5. The van der Waals surface area contributed by atoms with Crippen molar-refractivity contribution in [2.75, 3.05) is 6.61 Å². The second kappa shape index (κ2) is 11.1. The molecule has 7 heteroatoms. The first-order chi connectivity index (χ1) is 19.0. The van der Waals surface area contributed by atoms with Gasteiger partial charge in [-0.3, -0.25) is 4.79 Å². The number of carbonyl (C=O) groups is 2. The van der Waals surface area contributed by atoms with E-state index in [9.17, 15) is 14.8 Å². The summed E-state index contributed by atoms with van der Waals surface area (Å²) in [6.45, 7) is 8.02. The van der Waals surface area contributed by atoms with Crippen molar-refractivity contribution in [2.24, 2.45) is 0 Å². The van der Waals surface area contributed by atoms with Crippen molar-refractivity contribution < 1.29 is 19.5 Å². The van der Waals surface area contributed by atoms with Crippen molar-refractivity contribution in [3.8, 4) is 11.1 Å². The highest BCUT2D eigenvalue weighted by molar-refractivity contribution is 5.86. The van der Waals surface area contributed by atoms with Crippen LogP contribution >= 0.6 is 0 Å². The molecule has 0 spiro atoms. The van der Waals surface area contributed by atoms with Crippen molar-refractivity contribution >= 4 is 12.0 Å². The molecule has 2 aliphatic rings. The summed E-state index contributed by atoms with van der Waals surface area (Å²) in [5.41, 5.74) is 4.52. The summed E-state index contributed by atoms with van der Waals surface area (Å²) in [6, 6.07) is 25.1.